The van der Waals surface area contributed by atoms with Gasteiger partial charge in [-0.05, 0) is 13.3 Å². The number of likely N-dealkylation sites (tertiary alicyclic amines) is 1. The van der Waals surface area contributed by atoms with Crippen molar-refractivity contribution in [3.63, 3.8) is 0 Å². The fourth-order valence-corrected chi connectivity index (χ4v) is 1.76. The van der Waals surface area contributed by atoms with E-state index in [1.165, 1.54) is 4.90 Å². The fourth-order valence-electron chi connectivity index (χ4n) is 1.76. The largest absolute Gasteiger partial charge is 0.388 e. The van der Waals surface area contributed by atoms with Crippen LogP contribution in [0.15, 0.2) is 0 Å². The predicted molar refractivity (Wildman–Crippen MR) is 51.5 cm³/mol. The Morgan fingerprint density at radius 3 is 2.29 bits per heavy atom. The van der Waals surface area contributed by atoms with Crippen molar-refractivity contribution < 1.29 is 14.7 Å². The molecule has 0 bridgehead atoms. The van der Waals surface area contributed by atoms with Gasteiger partial charge in [0.25, 0.3) is 0 Å². The molecule has 1 rings (SSSR count). The van der Waals surface area contributed by atoms with Crippen molar-refractivity contribution in [3.8, 4) is 0 Å². The molecule has 1 unspecified atom stereocenters. The van der Waals surface area contributed by atoms with E-state index in [0.29, 0.717) is 19.3 Å². The Hall–Kier alpha value is -0.900. The zero-order valence-electron chi connectivity index (χ0n) is 8.75. The number of hydrogen-bond acceptors (Lipinski definition) is 3. The van der Waals surface area contributed by atoms with Gasteiger partial charge in [0.15, 0.2) is 0 Å². The molecule has 0 aromatic heterocycles. The second kappa shape index (κ2) is 4.09. The summed E-state index contributed by atoms with van der Waals surface area (Å²) in [6.07, 6.45) is 2.02. The second-order valence-corrected chi connectivity index (χ2v) is 4.12. The molecule has 0 radical (unpaired) electrons. The van der Waals surface area contributed by atoms with E-state index in [1.54, 1.807) is 6.92 Å². The number of carbonyl (C=O) groups is 2. The maximum absolute atomic E-state index is 11.3. The lowest BCUT2D eigenvalue weighted by molar-refractivity contribution is -0.142. The third-order valence-electron chi connectivity index (χ3n) is 2.44. The molecule has 2 amide bonds. The summed E-state index contributed by atoms with van der Waals surface area (Å²) in [6, 6.07) is 0. The standard InChI is InChI=1S/C10H17NO3/c1-3-6-10(2,14)7-11-8(12)4-5-9(11)13/h14H,3-7H2,1-2H3. The zero-order chi connectivity index (χ0) is 10.8. The molecule has 1 aliphatic rings. The molecule has 1 fully saturated rings. The second-order valence-electron chi connectivity index (χ2n) is 4.12. The first kappa shape index (κ1) is 11.2. The van der Waals surface area contributed by atoms with Gasteiger partial charge in [0, 0.05) is 12.8 Å². The Balaban J connectivity index is 2.58. The minimum atomic E-state index is -0.940. The Labute approximate surface area is 83.9 Å². The number of rotatable bonds is 4. The van der Waals surface area contributed by atoms with Crippen LogP contribution in [-0.2, 0) is 9.59 Å². The number of aliphatic hydroxyl groups is 1. The van der Waals surface area contributed by atoms with Crippen molar-refractivity contribution in [2.45, 2.75) is 45.1 Å². The van der Waals surface area contributed by atoms with Crippen LogP contribution < -0.4 is 0 Å². The van der Waals surface area contributed by atoms with Gasteiger partial charge >= 0.3 is 0 Å². The minimum Gasteiger partial charge on any atom is -0.388 e. The quantitative estimate of drug-likeness (QED) is 0.677. The van der Waals surface area contributed by atoms with Gasteiger partial charge in [-0.1, -0.05) is 13.3 Å². The first-order chi connectivity index (χ1) is 6.46. The molecule has 4 heteroatoms. The molecule has 0 aliphatic carbocycles. The molecule has 1 saturated heterocycles. The van der Waals surface area contributed by atoms with Gasteiger partial charge in [-0.15, -0.1) is 0 Å². The summed E-state index contributed by atoms with van der Waals surface area (Å²) in [5.41, 5.74) is -0.940. The molecule has 80 valence electrons. The van der Waals surface area contributed by atoms with Crippen LogP contribution in [0.2, 0.25) is 0 Å². The molecule has 0 aromatic rings. The van der Waals surface area contributed by atoms with E-state index in [4.69, 9.17) is 0 Å². The minimum absolute atomic E-state index is 0.137. The summed E-state index contributed by atoms with van der Waals surface area (Å²) in [5, 5.41) is 9.86. The zero-order valence-corrected chi connectivity index (χ0v) is 8.75. The molecular weight excluding hydrogens is 182 g/mol. The van der Waals surface area contributed by atoms with Gasteiger partial charge in [0.1, 0.15) is 0 Å². The Morgan fingerprint density at radius 1 is 1.36 bits per heavy atom. The van der Waals surface area contributed by atoms with E-state index >= 15 is 0 Å². The number of imide groups is 1. The maximum Gasteiger partial charge on any atom is 0.229 e. The highest BCUT2D eigenvalue weighted by atomic mass is 16.3. The summed E-state index contributed by atoms with van der Waals surface area (Å²) >= 11 is 0. The lowest BCUT2D eigenvalue weighted by Crippen LogP contribution is -2.43. The summed E-state index contributed by atoms with van der Waals surface area (Å²) in [5.74, 6) is -0.322. The molecule has 1 aliphatic heterocycles. The molecule has 0 aromatic carbocycles. The fraction of sp³-hybridized carbons (Fsp3) is 0.800. The first-order valence-electron chi connectivity index (χ1n) is 5.02. The van der Waals surface area contributed by atoms with Crippen LogP contribution >= 0.6 is 0 Å². The van der Waals surface area contributed by atoms with E-state index in [9.17, 15) is 14.7 Å². The van der Waals surface area contributed by atoms with Crippen molar-refractivity contribution in [1.82, 2.24) is 4.90 Å². The lowest BCUT2D eigenvalue weighted by atomic mass is 10.0. The molecule has 14 heavy (non-hydrogen) atoms. The van der Waals surface area contributed by atoms with Crippen LogP contribution in [0.1, 0.15) is 39.5 Å². The summed E-state index contributed by atoms with van der Waals surface area (Å²) in [4.78, 5) is 23.7. The third-order valence-corrected chi connectivity index (χ3v) is 2.44. The smallest absolute Gasteiger partial charge is 0.229 e. The molecule has 0 spiro atoms. The van der Waals surface area contributed by atoms with Crippen LogP contribution in [-0.4, -0.2) is 34.0 Å². The summed E-state index contributed by atoms with van der Waals surface area (Å²) in [7, 11) is 0. The summed E-state index contributed by atoms with van der Waals surface area (Å²) < 4.78 is 0. The average Bonchev–Trinajstić information content (AvgIpc) is 2.35. The van der Waals surface area contributed by atoms with Crippen LogP contribution in [0, 0.1) is 0 Å². The van der Waals surface area contributed by atoms with Crippen LogP contribution in [0.25, 0.3) is 0 Å². The third kappa shape index (κ3) is 2.54. The lowest BCUT2D eigenvalue weighted by Gasteiger charge is -2.27. The van der Waals surface area contributed by atoms with Gasteiger partial charge in [-0.3, -0.25) is 14.5 Å². The Bertz CT molecular complexity index is 232. The van der Waals surface area contributed by atoms with Gasteiger partial charge in [0.2, 0.25) is 11.8 Å². The average molecular weight is 199 g/mol. The molecular formula is C10H17NO3. The SMILES string of the molecule is CCCC(C)(O)CN1C(=O)CCC1=O. The van der Waals surface area contributed by atoms with Gasteiger partial charge in [-0.2, -0.15) is 0 Å². The molecule has 1 atom stereocenters. The van der Waals surface area contributed by atoms with Crippen LogP contribution in [0.3, 0.4) is 0 Å². The van der Waals surface area contributed by atoms with Crippen molar-refractivity contribution in [3.05, 3.63) is 0 Å². The molecule has 4 nitrogen and oxygen atoms in total. The van der Waals surface area contributed by atoms with Crippen molar-refractivity contribution in [1.29, 1.82) is 0 Å². The number of carbonyl (C=O) groups excluding carboxylic acids is 2. The Kier molecular flexibility index (Phi) is 3.26. The maximum atomic E-state index is 11.3. The number of amides is 2. The van der Waals surface area contributed by atoms with Gasteiger partial charge in [-0.25, -0.2) is 0 Å². The number of nitrogens with zero attached hydrogens (tertiary/aromatic N) is 1. The topological polar surface area (TPSA) is 57.6 Å². The molecule has 1 heterocycles. The first-order valence-corrected chi connectivity index (χ1v) is 5.02. The highest BCUT2D eigenvalue weighted by Gasteiger charge is 2.34. The highest BCUT2D eigenvalue weighted by Crippen LogP contribution is 2.19. The van der Waals surface area contributed by atoms with Crippen molar-refractivity contribution in [2.24, 2.45) is 0 Å². The van der Waals surface area contributed by atoms with Crippen LogP contribution in [0.5, 0.6) is 0 Å². The van der Waals surface area contributed by atoms with E-state index in [0.717, 1.165) is 6.42 Å². The van der Waals surface area contributed by atoms with E-state index < -0.39 is 5.60 Å². The number of hydrogen-bond donors (Lipinski definition) is 1. The van der Waals surface area contributed by atoms with Crippen molar-refractivity contribution in [2.75, 3.05) is 6.54 Å². The Morgan fingerprint density at radius 2 is 1.86 bits per heavy atom. The summed E-state index contributed by atoms with van der Waals surface area (Å²) in [6.45, 7) is 3.76. The van der Waals surface area contributed by atoms with Crippen molar-refractivity contribution >= 4 is 11.8 Å². The van der Waals surface area contributed by atoms with E-state index in [1.807, 2.05) is 6.92 Å². The number of β-amino-alcohol motifs (C(OH)–C–C–N with tert-alkyl or cyclic N) is 1. The van der Waals surface area contributed by atoms with E-state index in [-0.39, 0.29) is 18.4 Å². The monoisotopic (exact) mass is 199 g/mol. The van der Waals surface area contributed by atoms with Gasteiger partial charge in [0.05, 0.1) is 12.1 Å². The van der Waals surface area contributed by atoms with Crippen LogP contribution in [0.4, 0.5) is 0 Å². The molecule has 1 N–H and O–H groups in total. The predicted octanol–water partition coefficient (Wildman–Crippen LogP) is 0.686. The van der Waals surface area contributed by atoms with E-state index in [2.05, 4.69) is 0 Å². The normalized spacial score (nSPS) is 21.5. The molecule has 0 saturated carbocycles. The van der Waals surface area contributed by atoms with Gasteiger partial charge < -0.3 is 5.11 Å². The highest BCUT2D eigenvalue weighted by molar-refractivity contribution is 6.01.